The number of hydrogen-bond acceptors (Lipinski definition) is 6. The van der Waals surface area contributed by atoms with E-state index >= 15 is 0 Å². The fraction of sp³-hybridized carbons (Fsp3) is 0.857. The van der Waals surface area contributed by atoms with Gasteiger partial charge in [0, 0.05) is 18.7 Å². The summed E-state index contributed by atoms with van der Waals surface area (Å²) in [6.45, 7) is 3.48. The molecule has 0 unspecified atom stereocenters. The molecule has 0 saturated heterocycles. The van der Waals surface area contributed by atoms with Crippen LogP contribution in [0.2, 0.25) is 0 Å². The van der Waals surface area contributed by atoms with Crippen molar-refractivity contribution in [1.29, 1.82) is 0 Å². The molecule has 84 valence electrons. The minimum absolute atomic E-state index is 0.303. The quantitative estimate of drug-likeness (QED) is 0.309. The summed E-state index contributed by atoms with van der Waals surface area (Å²) >= 11 is 5.10. The van der Waals surface area contributed by atoms with Crippen LogP contribution in [0.15, 0.2) is 5.16 Å². The van der Waals surface area contributed by atoms with Gasteiger partial charge in [-0.15, -0.1) is 0 Å². The Kier molecular flexibility index (Phi) is 7.09. The monoisotopic (exact) mass is 241 g/mol. The van der Waals surface area contributed by atoms with E-state index in [4.69, 9.17) is 25.4 Å². The van der Waals surface area contributed by atoms with Gasteiger partial charge >= 0.3 is 6.72 Å². The fourth-order valence-corrected chi connectivity index (χ4v) is 2.84. The van der Waals surface area contributed by atoms with Gasteiger partial charge < -0.3 is 9.36 Å². The van der Waals surface area contributed by atoms with Crippen LogP contribution in [-0.4, -0.2) is 26.2 Å². The second kappa shape index (κ2) is 7.17. The van der Waals surface area contributed by atoms with Crippen LogP contribution >= 0.6 is 6.72 Å². The highest BCUT2D eigenvalue weighted by atomic mass is 32.5. The Morgan fingerprint density at radius 3 is 2.14 bits per heavy atom. The van der Waals surface area contributed by atoms with E-state index in [9.17, 15) is 0 Å². The molecule has 0 amide bonds. The lowest BCUT2D eigenvalue weighted by molar-refractivity contribution is 0.189. The Hall–Kier alpha value is -0.160. The molecule has 0 bridgehead atoms. The van der Waals surface area contributed by atoms with Crippen molar-refractivity contribution in [1.82, 2.24) is 0 Å². The van der Waals surface area contributed by atoms with E-state index < -0.39 is 6.72 Å². The van der Waals surface area contributed by atoms with Gasteiger partial charge in [-0.25, -0.2) is 0 Å². The van der Waals surface area contributed by atoms with Crippen molar-refractivity contribution >= 4 is 24.4 Å². The second-order valence-electron chi connectivity index (χ2n) is 2.17. The average molecular weight is 241 g/mol. The molecule has 0 N–H and O–H groups in total. The first-order valence-corrected chi connectivity index (χ1v) is 6.80. The highest BCUT2D eigenvalue weighted by Gasteiger charge is 2.21. The van der Waals surface area contributed by atoms with Crippen molar-refractivity contribution in [2.24, 2.45) is 5.16 Å². The molecule has 0 aromatic rings. The second-order valence-corrected chi connectivity index (χ2v) is 5.10. The molecule has 0 saturated carbocycles. The summed E-state index contributed by atoms with van der Waals surface area (Å²) in [5, 5.41) is 3.57. The van der Waals surface area contributed by atoms with Crippen LogP contribution in [-0.2, 0) is 30.2 Å². The zero-order chi connectivity index (χ0) is 11.0. The maximum absolute atomic E-state index is 5.27. The van der Waals surface area contributed by atoms with Crippen LogP contribution in [0.25, 0.3) is 0 Å². The van der Waals surface area contributed by atoms with Gasteiger partial charge in [-0.2, -0.15) is 0 Å². The molecule has 0 atom stereocenters. The SMILES string of the molecule is CCOP(=S)(OCC)O/C(C)=N/OC. The van der Waals surface area contributed by atoms with E-state index in [0.29, 0.717) is 19.1 Å². The largest absolute Gasteiger partial charge is 0.407 e. The lowest BCUT2D eigenvalue weighted by Crippen LogP contribution is -2.04. The summed E-state index contributed by atoms with van der Waals surface area (Å²) in [4.78, 5) is 4.53. The third-order valence-corrected chi connectivity index (χ3v) is 3.53. The Morgan fingerprint density at radius 2 is 1.79 bits per heavy atom. The predicted octanol–water partition coefficient (Wildman–Crippen LogP) is 2.28. The number of hydrogen-bond donors (Lipinski definition) is 0. The average Bonchev–Trinajstić information content (AvgIpc) is 2.04. The third-order valence-electron chi connectivity index (χ3n) is 1.04. The molecule has 0 spiro atoms. The molecule has 0 aliphatic rings. The molecule has 0 aromatic carbocycles. The van der Waals surface area contributed by atoms with Gasteiger partial charge in [0.25, 0.3) is 0 Å². The van der Waals surface area contributed by atoms with Crippen molar-refractivity contribution in [2.75, 3.05) is 20.3 Å². The van der Waals surface area contributed by atoms with Crippen LogP contribution < -0.4 is 0 Å². The number of nitrogens with zero attached hydrogens (tertiary/aromatic N) is 1. The fourth-order valence-electron chi connectivity index (χ4n) is 0.713. The summed E-state index contributed by atoms with van der Waals surface area (Å²) in [5.74, 6) is 0.303. The molecule has 0 aliphatic carbocycles. The first kappa shape index (κ1) is 13.8. The summed E-state index contributed by atoms with van der Waals surface area (Å²) < 4.78 is 15.7. The van der Waals surface area contributed by atoms with Crippen molar-refractivity contribution in [2.45, 2.75) is 20.8 Å². The topological polar surface area (TPSA) is 49.3 Å². The highest BCUT2D eigenvalue weighted by Crippen LogP contribution is 2.49. The first-order chi connectivity index (χ1) is 6.58. The molecule has 0 rings (SSSR count). The van der Waals surface area contributed by atoms with E-state index in [0.717, 1.165) is 0 Å². The molecule has 0 aliphatic heterocycles. The number of oxime groups is 1. The molecule has 0 heterocycles. The molecule has 5 nitrogen and oxygen atoms in total. The van der Waals surface area contributed by atoms with E-state index in [2.05, 4.69) is 9.99 Å². The summed E-state index contributed by atoms with van der Waals surface area (Å²) in [7, 11) is 1.43. The Bertz CT molecular complexity index is 224. The van der Waals surface area contributed by atoms with E-state index in [1.807, 2.05) is 13.8 Å². The first-order valence-electron chi connectivity index (χ1n) is 4.24. The van der Waals surface area contributed by atoms with Crippen molar-refractivity contribution in [3.8, 4) is 0 Å². The Balaban J connectivity index is 4.35. The molecule has 0 aromatic heterocycles. The molecule has 14 heavy (non-hydrogen) atoms. The van der Waals surface area contributed by atoms with Crippen molar-refractivity contribution in [3.63, 3.8) is 0 Å². The van der Waals surface area contributed by atoms with Gasteiger partial charge in [-0.05, 0) is 13.8 Å². The molecule has 0 fully saturated rings. The Morgan fingerprint density at radius 1 is 1.29 bits per heavy atom. The lowest BCUT2D eigenvalue weighted by Gasteiger charge is -2.19. The molecule has 7 heteroatoms. The van der Waals surface area contributed by atoms with Gasteiger partial charge in [-0.1, -0.05) is 5.16 Å². The van der Waals surface area contributed by atoms with Gasteiger partial charge in [-0.3, -0.25) is 9.05 Å². The number of rotatable bonds is 6. The summed E-state index contributed by atoms with van der Waals surface area (Å²) in [6.07, 6.45) is 0. The van der Waals surface area contributed by atoms with Gasteiger partial charge in [0.05, 0.1) is 13.2 Å². The van der Waals surface area contributed by atoms with Crippen LogP contribution in [0.5, 0.6) is 0 Å². The predicted molar refractivity (Wildman–Crippen MR) is 58.7 cm³/mol. The summed E-state index contributed by atoms with van der Waals surface area (Å²) in [5.41, 5.74) is 0. The van der Waals surface area contributed by atoms with Crippen LogP contribution in [0.3, 0.4) is 0 Å². The Labute approximate surface area is 89.6 Å². The zero-order valence-electron chi connectivity index (χ0n) is 8.85. The van der Waals surface area contributed by atoms with Crippen LogP contribution in [0.1, 0.15) is 20.8 Å². The van der Waals surface area contributed by atoms with Crippen LogP contribution in [0.4, 0.5) is 0 Å². The summed E-state index contributed by atoms with van der Waals surface area (Å²) in [6, 6.07) is 0. The van der Waals surface area contributed by atoms with E-state index in [1.165, 1.54) is 7.11 Å². The van der Waals surface area contributed by atoms with E-state index in [1.54, 1.807) is 6.92 Å². The standard InChI is InChI=1S/C7H16NO4PS/c1-5-10-13(14,11-6-2)12-7(3)8-9-4/h5-6H2,1-4H3/b8-7+. The van der Waals surface area contributed by atoms with Gasteiger partial charge in [0.15, 0.2) is 0 Å². The molecular formula is C7H16NO4PS. The third kappa shape index (κ3) is 5.54. The maximum Gasteiger partial charge on any atom is 0.381 e. The minimum Gasteiger partial charge on any atom is -0.407 e. The maximum atomic E-state index is 5.27. The van der Waals surface area contributed by atoms with Gasteiger partial charge in [0.1, 0.15) is 7.11 Å². The van der Waals surface area contributed by atoms with Gasteiger partial charge in [0.2, 0.25) is 5.90 Å². The molecule has 0 radical (unpaired) electrons. The zero-order valence-corrected chi connectivity index (χ0v) is 10.6. The normalized spacial score (nSPS) is 12.7. The lowest BCUT2D eigenvalue weighted by atomic mass is 10.8. The van der Waals surface area contributed by atoms with Crippen LogP contribution in [0, 0.1) is 0 Å². The molecular weight excluding hydrogens is 225 g/mol. The van der Waals surface area contributed by atoms with E-state index in [-0.39, 0.29) is 0 Å². The minimum atomic E-state index is -2.68. The van der Waals surface area contributed by atoms with Crippen molar-refractivity contribution < 1.29 is 18.4 Å². The highest BCUT2D eigenvalue weighted by molar-refractivity contribution is 8.07. The van der Waals surface area contributed by atoms with Crippen molar-refractivity contribution in [3.05, 3.63) is 0 Å². The smallest absolute Gasteiger partial charge is 0.381 e.